The Bertz CT molecular complexity index is 466. The van der Waals surface area contributed by atoms with E-state index in [9.17, 15) is 4.79 Å². The maximum absolute atomic E-state index is 11.1. The molecule has 0 saturated carbocycles. The van der Waals surface area contributed by atoms with E-state index in [1.54, 1.807) is 13.1 Å². The van der Waals surface area contributed by atoms with Crippen molar-refractivity contribution in [3.05, 3.63) is 30.3 Å². The molecule has 1 rings (SSSR count). The molecular weight excluding hydrogens is 254 g/mol. The first-order chi connectivity index (χ1) is 9.77. The fourth-order valence-corrected chi connectivity index (χ4v) is 1.60. The van der Waals surface area contributed by atoms with Crippen LogP contribution in [0.1, 0.15) is 32.6 Å². The van der Waals surface area contributed by atoms with E-state index in [0.717, 1.165) is 24.9 Å². The molecule has 0 aliphatic heterocycles. The molecule has 0 saturated heterocycles. The summed E-state index contributed by atoms with van der Waals surface area (Å²) in [5.74, 6) is -0.160. The number of hydrogen-bond donors (Lipinski definition) is 0. The van der Waals surface area contributed by atoms with Crippen LogP contribution in [0.4, 0.5) is 5.69 Å². The third-order valence-electron chi connectivity index (χ3n) is 2.56. The molecule has 0 bridgehead atoms. The number of nitrogens with zero attached hydrogens (tertiary/aromatic N) is 3. The Morgan fingerprint density at radius 3 is 2.80 bits per heavy atom. The number of unbranched alkanes of at least 4 members (excludes halogenated alkanes) is 2. The molecule has 1 aromatic rings. The monoisotopic (exact) mass is 273 g/mol. The molecule has 5 heteroatoms. The van der Waals surface area contributed by atoms with E-state index in [1.165, 1.54) is 5.01 Å². The SMILES string of the molecule is CCOC(=O)CCCC/C=N/N(C#N)c1ccccc1. The average Bonchev–Trinajstić information content (AvgIpc) is 2.48. The van der Waals surface area contributed by atoms with E-state index in [1.807, 2.05) is 36.5 Å². The number of carbonyl (C=O) groups is 1. The first kappa shape index (κ1) is 15.7. The van der Waals surface area contributed by atoms with Crippen LogP contribution in [0.3, 0.4) is 0 Å². The smallest absolute Gasteiger partial charge is 0.305 e. The molecule has 0 aromatic heterocycles. The highest BCUT2D eigenvalue weighted by atomic mass is 16.5. The molecule has 0 N–H and O–H groups in total. The Morgan fingerprint density at radius 2 is 2.15 bits per heavy atom. The largest absolute Gasteiger partial charge is 0.466 e. The van der Waals surface area contributed by atoms with E-state index in [4.69, 9.17) is 10.00 Å². The summed E-state index contributed by atoms with van der Waals surface area (Å²) in [5.41, 5.74) is 0.734. The van der Waals surface area contributed by atoms with Gasteiger partial charge in [-0.1, -0.05) is 18.2 Å². The second-order valence-corrected chi connectivity index (χ2v) is 4.10. The summed E-state index contributed by atoms with van der Waals surface area (Å²) in [6.07, 6.45) is 6.47. The Hall–Kier alpha value is -2.35. The predicted molar refractivity (Wildman–Crippen MR) is 78.1 cm³/mol. The summed E-state index contributed by atoms with van der Waals surface area (Å²) in [5, 5.41) is 14.4. The predicted octanol–water partition coefficient (Wildman–Crippen LogP) is 3.08. The van der Waals surface area contributed by atoms with Crippen molar-refractivity contribution in [3.8, 4) is 6.19 Å². The maximum atomic E-state index is 11.1. The number of nitriles is 1. The van der Waals surface area contributed by atoms with Crippen LogP contribution in [0.5, 0.6) is 0 Å². The van der Waals surface area contributed by atoms with Crippen LogP contribution < -0.4 is 5.01 Å². The first-order valence-corrected chi connectivity index (χ1v) is 6.71. The van der Waals surface area contributed by atoms with E-state index in [-0.39, 0.29) is 5.97 Å². The van der Waals surface area contributed by atoms with E-state index < -0.39 is 0 Å². The Balaban J connectivity index is 2.27. The molecule has 1 aromatic carbocycles. The lowest BCUT2D eigenvalue weighted by molar-refractivity contribution is -0.143. The van der Waals surface area contributed by atoms with Crippen LogP contribution >= 0.6 is 0 Å². The average molecular weight is 273 g/mol. The fourth-order valence-electron chi connectivity index (χ4n) is 1.60. The quantitative estimate of drug-likeness (QED) is 0.182. The lowest BCUT2D eigenvalue weighted by Crippen LogP contribution is -2.07. The van der Waals surface area contributed by atoms with Crippen molar-refractivity contribution in [3.63, 3.8) is 0 Å². The van der Waals surface area contributed by atoms with Gasteiger partial charge in [0.1, 0.15) is 0 Å². The van der Waals surface area contributed by atoms with Crippen molar-refractivity contribution < 1.29 is 9.53 Å². The molecule has 106 valence electrons. The highest BCUT2D eigenvalue weighted by Gasteiger charge is 2.01. The third-order valence-corrected chi connectivity index (χ3v) is 2.56. The number of rotatable bonds is 8. The lowest BCUT2D eigenvalue weighted by Gasteiger charge is -2.07. The molecular formula is C15H19N3O2. The summed E-state index contributed by atoms with van der Waals surface area (Å²) in [6, 6.07) is 9.24. The molecule has 20 heavy (non-hydrogen) atoms. The summed E-state index contributed by atoms with van der Waals surface area (Å²) in [6.45, 7) is 2.22. The third kappa shape index (κ3) is 6.01. The van der Waals surface area contributed by atoms with Crippen LogP contribution in [0.2, 0.25) is 0 Å². The van der Waals surface area contributed by atoms with Crippen LogP contribution in [0.15, 0.2) is 35.4 Å². The van der Waals surface area contributed by atoms with Crippen LogP contribution in [-0.2, 0) is 9.53 Å². The number of hydrogen-bond acceptors (Lipinski definition) is 5. The van der Waals surface area contributed by atoms with Gasteiger partial charge in [-0.05, 0) is 38.3 Å². The van der Waals surface area contributed by atoms with Gasteiger partial charge in [0.2, 0.25) is 6.19 Å². The molecule has 0 atom stereocenters. The van der Waals surface area contributed by atoms with Gasteiger partial charge in [0.15, 0.2) is 0 Å². The zero-order chi connectivity index (χ0) is 14.6. The zero-order valence-corrected chi connectivity index (χ0v) is 11.7. The molecule has 5 nitrogen and oxygen atoms in total. The molecule has 0 radical (unpaired) electrons. The van der Waals surface area contributed by atoms with Crippen molar-refractivity contribution >= 4 is 17.9 Å². The van der Waals surface area contributed by atoms with Gasteiger partial charge < -0.3 is 4.74 Å². The molecule has 0 amide bonds. The molecule has 0 aliphatic carbocycles. The number of para-hydroxylation sites is 1. The van der Waals surface area contributed by atoms with Crippen LogP contribution in [0.25, 0.3) is 0 Å². The number of ether oxygens (including phenoxy) is 1. The number of esters is 1. The van der Waals surface area contributed by atoms with Gasteiger partial charge in [0.05, 0.1) is 12.3 Å². The summed E-state index contributed by atoms with van der Waals surface area (Å²) in [4.78, 5) is 11.1. The number of anilines is 1. The highest BCUT2D eigenvalue weighted by molar-refractivity contribution is 5.69. The molecule has 0 unspecified atom stereocenters. The summed E-state index contributed by atoms with van der Waals surface area (Å²) < 4.78 is 4.84. The van der Waals surface area contributed by atoms with Gasteiger partial charge in [-0.2, -0.15) is 15.4 Å². The summed E-state index contributed by atoms with van der Waals surface area (Å²) >= 11 is 0. The van der Waals surface area contributed by atoms with Crippen molar-refractivity contribution in [1.82, 2.24) is 0 Å². The van der Waals surface area contributed by atoms with Crippen LogP contribution in [0, 0.1) is 11.5 Å². The van der Waals surface area contributed by atoms with E-state index in [2.05, 4.69) is 5.10 Å². The molecule has 0 aliphatic rings. The Morgan fingerprint density at radius 1 is 1.40 bits per heavy atom. The lowest BCUT2D eigenvalue weighted by atomic mass is 10.2. The first-order valence-electron chi connectivity index (χ1n) is 6.71. The van der Waals surface area contributed by atoms with Crippen molar-refractivity contribution in [1.29, 1.82) is 5.26 Å². The molecule has 0 fully saturated rings. The van der Waals surface area contributed by atoms with Gasteiger partial charge in [0, 0.05) is 12.6 Å². The van der Waals surface area contributed by atoms with Crippen molar-refractivity contribution in [2.75, 3.05) is 11.6 Å². The minimum atomic E-state index is -0.160. The van der Waals surface area contributed by atoms with Crippen LogP contribution in [-0.4, -0.2) is 18.8 Å². The molecule has 0 heterocycles. The Kier molecular flexibility index (Phi) is 7.51. The standard InChI is InChI=1S/C15H19N3O2/c1-2-20-15(19)11-7-4-8-12-17-18(13-16)14-9-5-3-6-10-14/h3,5-6,9-10,12H,2,4,7-8,11H2,1H3/b17-12+. The number of hydrazone groups is 1. The van der Waals surface area contributed by atoms with Gasteiger partial charge >= 0.3 is 5.97 Å². The Labute approximate surface area is 119 Å². The summed E-state index contributed by atoms with van der Waals surface area (Å²) in [7, 11) is 0. The second kappa shape index (κ2) is 9.56. The normalized spacial score (nSPS) is 10.2. The second-order valence-electron chi connectivity index (χ2n) is 4.10. The zero-order valence-electron chi connectivity index (χ0n) is 11.7. The van der Waals surface area contributed by atoms with Gasteiger partial charge in [-0.15, -0.1) is 0 Å². The number of carbonyl (C=O) groups excluding carboxylic acids is 1. The van der Waals surface area contributed by atoms with Crippen molar-refractivity contribution in [2.45, 2.75) is 32.6 Å². The number of benzene rings is 1. The van der Waals surface area contributed by atoms with Gasteiger partial charge in [-0.25, -0.2) is 0 Å². The van der Waals surface area contributed by atoms with E-state index >= 15 is 0 Å². The highest BCUT2D eigenvalue weighted by Crippen LogP contribution is 2.12. The fraction of sp³-hybridized carbons (Fsp3) is 0.400. The van der Waals surface area contributed by atoms with Gasteiger partial charge in [-0.3, -0.25) is 4.79 Å². The topological polar surface area (TPSA) is 65.7 Å². The molecule has 0 spiro atoms. The van der Waals surface area contributed by atoms with Crippen molar-refractivity contribution in [2.24, 2.45) is 5.10 Å². The van der Waals surface area contributed by atoms with Gasteiger partial charge in [0.25, 0.3) is 0 Å². The minimum Gasteiger partial charge on any atom is -0.466 e. The van der Waals surface area contributed by atoms with E-state index in [0.29, 0.717) is 13.0 Å². The maximum Gasteiger partial charge on any atom is 0.305 e. The minimum absolute atomic E-state index is 0.160.